The lowest BCUT2D eigenvalue weighted by Crippen LogP contribution is -2.13. The summed E-state index contributed by atoms with van der Waals surface area (Å²) in [4.78, 5) is 0.0679. The Morgan fingerprint density at radius 2 is 2.05 bits per heavy atom. The van der Waals surface area contributed by atoms with Crippen LogP contribution in [0.2, 0.25) is 0 Å². The number of nitriles is 1. The first-order valence-corrected chi connectivity index (χ1v) is 7.85. The largest absolute Gasteiger partial charge is 0.493 e. The molecule has 0 unspecified atom stereocenters. The number of benzene rings is 2. The highest BCUT2D eigenvalue weighted by Gasteiger charge is 2.17. The summed E-state index contributed by atoms with van der Waals surface area (Å²) in [6, 6.07) is 13.0. The molecule has 6 heteroatoms. The molecule has 1 aliphatic rings. The molecule has 0 bridgehead atoms. The van der Waals surface area contributed by atoms with E-state index in [9.17, 15) is 8.42 Å². The third-order valence-electron chi connectivity index (χ3n) is 3.22. The van der Waals surface area contributed by atoms with E-state index in [1.54, 1.807) is 30.3 Å². The van der Waals surface area contributed by atoms with Crippen LogP contribution in [0.1, 0.15) is 11.1 Å². The molecule has 106 valence electrons. The summed E-state index contributed by atoms with van der Waals surface area (Å²) < 4.78 is 32.5. The first-order valence-electron chi connectivity index (χ1n) is 6.37. The summed E-state index contributed by atoms with van der Waals surface area (Å²) >= 11 is 0. The van der Waals surface area contributed by atoms with Crippen LogP contribution in [0.4, 0.5) is 5.69 Å². The van der Waals surface area contributed by atoms with Crippen LogP contribution in [-0.4, -0.2) is 15.0 Å². The fourth-order valence-electron chi connectivity index (χ4n) is 2.20. The quantitative estimate of drug-likeness (QED) is 0.943. The number of fused-ring (bicyclic) bond motifs is 1. The van der Waals surface area contributed by atoms with Crippen LogP contribution in [0, 0.1) is 11.3 Å². The molecule has 1 heterocycles. The summed E-state index contributed by atoms with van der Waals surface area (Å²) in [6.45, 7) is 0.621. The average molecular weight is 300 g/mol. The minimum atomic E-state index is -3.71. The minimum Gasteiger partial charge on any atom is -0.493 e. The SMILES string of the molecule is N#Cc1cccc(S(=O)(=O)Nc2ccc3c(c2)CCO3)c1. The zero-order valence-electron chi connectivity index (χ0n) is 11.0. The second-order valence-corrected chi connectivity index (χ2v) is 6.35. The summed E-state index contributed by atoms with van der Waals surface area (Å²) in [5.41, 5.74) is 1.78. The van der Waals surface area contributed by atoms with E-state index < -0.39 is 10.0 Å². The van der Waals surface area contributed by atoms with Gasteiger partial charge in [0.15, 0.2) is 0 Å². The first-order chi connectivity index (χ1) is 10.1. The van der Waals surface area contributed by atoms with Crippen molar-refractivity contribution < 1.29 is 13.2 Å². The third-order valence-corrected chi connectivity index (χ3v) is 4.59. The molecule has 2 aromatic carbocycles. The third kappa shape index (κ3) is 2.69. The minimum absolute atomic E-state index is 0.0679. The van der Waals surface area contributed by atoms with Crippen LogP contribution in [0.25, 0.3) is 0 Å². The van der Waals surface area contributed by atoms with E-state index in [2.05, 4.69) is 4.72 Å². The lowest BCUT2D eigenvalue weighted by atomic mass is 10.1. The van der Waals surface area contributed by atoms with Crippen molar-refractivity contribution >= 4 is 15.7 Å². The van der Waals surface area contributed by atoms with E-state index in [-0.39, 0.29) is 4.90 Å². The van der Waals surface area contributed by atoms with Crippen molar-refractivity contribution in [3.8, 4) is 11.8 Å². The van der Waals surface area contributed by atoms with E-state index in [4.69, 9.17) is 10.00 Å². The summed E-state index contributed by atoms with van der Waals surface area (Å²) in [5.74, 6) is 0.796. The van der Waals surface area contributed by atoms with Crippen LogP contribution in [0.5, 0.6) is 5.75 Å². The van der Waals surface area contributed by atoms with Gasteiger partial charge in [-0.05, 0) is 42.0 Å². The maximum absolute atomic E-state index is 12.3. The lowest BCUT2D eigenvalue weighted by Gasteiger charge is -2.09. The second kappa shape index (κ2) is 5.11. The molecule has 21 heavy (non-hydrogen) atoms. The van der Waals surface area contributed by atoms with Crippen LogP contribution >= 0.6 is 0 Å². The van der Waals surface area contributed by atoms with Crippen molar-refractivity contribution in [1.82, 2.24) is 0 Å². The van der Waals surface area contributed by atoms with Gasteiger partial charge in [0.2, 0.25) is 0 Å². The number of ether oxygens (including phenoxy) is 1. The highest BCUT2D eigenvalue weighted by atomic mass is 32.2. The van der Waals surface area contributed by atoms with Gasteiger partial charge in [0.05, 0.1) is 23.1 Å². The Kier molecular flexibility index (Phi) is 3.28. The van der Waals surface area contributed by atoms with Gasteiger partial charge in [0.25, 0.3) is 10.0 Å². The fourth-order valence-corrected chi connectivity index (χ4v) is 3.29. The molecule has 0 amide bonds. The Bertz CT molecular complexity index is 838. The van der Waals surface area contributed by atoms with E-state index >= 15 is 0 Å². The van der Waals surface area contributed by atoms with Crippen LogP contribution in [0.3, 0.4) is 0 Å². The first kappa shape index (κ1) is 13.5. The van der Waals surface area contributed by atoms with E-state index in [0.717, 1.165) is 17.7 Å². The molecule has 5 nitrogen and oxygen atoms in total. The highest BCUT2D eigenvalue weighted by molar-refractivity contribution is 7.92. The lowest BCUT2D eigenvalue weighted by molar-refractivity contribution is 0.357. The number of sulfonamides is 1. The summed E-state index contributed by atoms with van der Waals surface area (Å²) in [6.07, 6.45) is 0.773. The average Bonchev–Trinajstić information content (AvgIpc) is 2.94. The Morgan fingerprint density at radius 3 is 2.86 bits per heavy atom. The normalized spacial score (nSPS) is 13.1. The molecule has 3 rings (SSSR count). The van der Waals surface area contributed by atoms with Gasteiger partial charge in [-0.1, -0.05) is 6.07 Å². The summed E-state index contributed by atoms with van der Waals surface area (Å²) in [5, 5.41) is 8.84. The molecule has 0 aliphatic carbocycles. The van der Waals surface area contributed by atoms with Crippen molar-refractivity contribution in [3.63, 3.8) is 0 Å². The van der Waals surface area contributed by atoms with Gasteiger partial charge < -0.3 is 4.74 Å². The molecule has 0 radical (unpaired) electrons. The summed E-state index contributed by atoms with van der Waals surface area (Å²) in [7, 11) is -3.71. The second-order valence-electron chi connectivity index (χ2n) is 4.67. The van der Waals surface area contributed by atoms with E-state index in [1.807, 2.05) is 6.07 Å². The standard InChI is InChI=1S/C15H12N2O3S/c16-10-11-2-1-3-14(8-11)21(18,19)17-13-4-5-15-12(9-13)6-7-20-15/h1-5,8-9,17H,6-7H2. The maximum atomic E-state index is 12.3. The Labute approximate surface area is 122 Å². The molecule has 0 atom stereocenters. The zero-order valence-corrected chi connectivity index (χ0v) is 11.9. The predicted octanol–water partition coefficient (Wildman–Crippen LogP) is 2.29. The smallest absolute Gasteiger partial charge is 0.261 e. The number of nitrogens with zero attached hydrogens (tertiary/aromatic N) is 1. The van der Waals surface area contributed by atoms with Crippen molar-refractivity contribution in [2.24, 2.45) is 0 Å². The van der Waals surface area contributed by atoms with Crippen molar-refractivity contribution in [2.75, 3.05) is 11.3 Å². The predicted molar refractivity (Wildman–Crippen MR) is 77.6 cm³/mol. The molecule has 0 saturated carbocycles. The number of anilines is 1. The molecule has 2 aromatic rings. The highest BCUT2D eigenvalue weighted by Crippen LogP contribution is 2.28. The van der Waals surface area contributed by atoms with Crippen LogP contribution in [-0.2, 0) is 16.4 Å². The van der Waals surface area contributed by atoms with Gasteiger partial charge in [-0.15, -0.1) is 0 Å². The zero-order chi connectivity index (χ0) is 14.9. The number of nitrogens with one attached hydrogen (secondary N) is 1. The van der Waals surface area contributed by atoms with E-state index in [0.29, 0.717) is 17.9 Å². The van der Waals surface area contributed by atoms with Gasteiger partial charge in [-0.2, -0.15) is 5.26 Å². The molecular weight excluding hydrogens is 288 g/mol. The van der Waals surface area contributed by atoms with Crippen molar-refractivity contribution in [1.29, 1.82) is 5.26 Å². The van der Waals surface area contributed by atoms with Gasteiger partial charge in [0.1, 0.15) is 5.75 Å². The Morgan fingerprint density at radius 1 is 1.19 bits per heavy atom. The van der Waals surface area contributed by atoms with Crippen molar-refractivity contribution in [2.45, 2.75) is 11.3 Å². The Balaban J connectivity index is 1.91. The van der Waals surface area contributed by atoms with Crippen molar-refractivity contribution in [3.05, 3.63) is 53.6 Å². The molecule has 0 fully saturated rings. The van der Waals surface area contributed by atoms with Gasteiger partial charge >= 0.3 is 0 Å². The van der Waals surface area contributed by atoms with Gasteiger partial charge in [-0.3, -0.25) is 4.72 Å². The van der Waals surface area contributed by atoms with Gasteiger partial charge in [-0.25, -0.2) is 8.42 Å². The molecule has 1 aliphatic heterocycles. The monoisotopic (exact) mass is 300 g/mol. The number of hydrogen-bond acceptors (Lipinski definition) is 4. The molecule has 0 spiro atoms. The van der Waals surface area contributed by atoms with E-state index in [1.165, 1.54) is 12.1 Å². The maximum Gasteiger partial charge on any atom is 0.261 e. The topological polar surface area (TPSA) is 79.2 Å². The molecule has 1 N–H and O–H groups in total. The van der Waals surface area contributed by atoms with Crippen LogP contribution in [0.15, 0.2) is 47.4 Å². The van der Waals surface area contributed by atoms with Crippen LogP contribution < -0.4 is 9.46 Å². The molecule has 0 saturated heterocycles. The van der Waals surface area contributed by atoms with Gasteiger partial charge in [0, 0.05) is 12.1 Å². The molecule has 0 aromatic heterocycles. The molecular formula is C15H12N2O3S. The Hall–Kier alpha value is -2.52. The number of hydrogen-bond donors (Lipinski definition) is 1. The number of rotatable bonds is 3. The fraction of sp³-hybridized carbons (Fsp3) is 0.133.